The first-order chi connectivity index (χ1) is 7.99. The van der Waals surface area contributed by atoms with Crippen molar-refractivity contribution < 1.29 is 9.59 Å². The Bertz CT molecular complexity index is 485. The Kier molecular flexibility index (Phi) is 3.07. The number of alkyl halides is 1. The fourth-order valence-electron chi connectivity index (χ4n) is 1.79. The first kappa shape index (κ1) is 11.9. The van der Waals surface area contributed by atoms with Crippen molar-refractivity contribution in [1.29, 1.82) is 0 Å². The summed E-state index contributed by atoms with van der Waals surface area (Å²) in [5.41, 5.74) is 2.49. The SMILES string of the molecule is CC(Cl)C(=O)Nc1ccc2c(c1)CC(=O)N2C. The largest absolute Gasteiger partial charge is 0.325 e. The van der Waals surface area contributed by atoms with Crippen LogP contribution >= 0.6 is 11.6 Å². The first-order valence-corrected chi connectivity index (χ1v) is 5.77. The van der Waals surface area contributed by atoms with Crippen LogP contribution in [0.3, 0.4) is 0 Å². The second kappa shape index (κ2) is 4.37. The van der Waals surface area contributed by atoms with Crippen LogP contribution in [0.15, 0.2) is 18.2 Å². The second-order valence-electron chi connectivity index (χ2n) is 4.08. The van der Waals surface area contributed by atoms with Gasteiger partial charge in [-0.05, 0) is 30.7 Å². The third-order valence-electron chi connectivity index (χ3n) is 2.79. The number of benzene rings is 1. The minimum absolute atomic E-state index is 0.0641. The van der Waals surface area contributed by atoms with Crippen molar-refractivity contribution in [3.8, 4) is 0 Å². The molecule has 2 rings (SSSR count). The number of hydrogen-bond donors (Lipinski definition) is 1. The predicted octanol–water partition coefficient (Wildman–Crippen LogP) is 1.77. The van der Waals surface area contributed by atoms with Gasteiger partial charge in [0.2, 0.25) is 11.8 Å². The number of nitrogens with one attached hydrogen (secondary N) is 1. The number of carbonyl (C=O) groups is 2. The zero-order valence-electron chi connectivity index (χ0n) is 9.66. The van der Waals surface area contributed by atoms with Gasteiger partial charge in [-0.3, -0.25) is 9.59 Å². The number of amides is 2. The van der Waals surface area contributed by atoms with Crippen LogP contribution in [-0.2, 0) is 16.0 Å². The molecule has 0 bridgehead atoms. The van der Waals surface area contributed by atoms with E-state index in [9.17, 15) is 9.59 Å². The monoisotopic (exact) mass is 252 g/mol. The number of hydrogen-bond acceptors (Lipinski definition) is 2. The Labute approximate surface area is 105 Å². The highest BCUT2D eigenvalue weighted by Gasteiger charge is 2.24. The molecule has 90 valence electrons. The van der Waals surface area contributed by atoms with Crippen molar-refractivity contribution in [2.75, 3.05) is 17.3 Å². The van der Waals surface area contributed by atoms with Gasteiger partial charge in [-0.1, -0.05) is 0 Å². The molecule has 1 aliphatic rings. The Morgan fingerprint density at radius 1 is 1.53 bits per heavy atom. The van der Waals surface area contributed by atoms with E-state index in [0.717, 1.165) is 11.3 Å². The van der Waals surface area contributed by atoms with Crippen molar-refractivity contribution in [3.63, 3.8) is 0 Å². The molecule has 0 radical (unpaired) electrons. The van der Waals surface area contributed by atoms with Crippen molar-refractivity contribution in [2.24, 2.45) is 0 Å². The summed E-state index contributed by atoms with van der Waals surface area (Å²) in [6.07, 6.45) is 0.381. The molecule has 0 fully saturated rings. The van der Waals surface area contributed by atoms with Gasteiger partial charge in [-0.25, -0.2) is 0 Å². The van der Waals surface area contributed by atoms with Crippen molar-refractivity contribution in [3.05, 3.63) is 23.8 Å². The zero-order chi connectivity index (χ0) is 12.6. The van der Waals surface area contributed by atoms with Crippen LogP contribution in [0.25, 0.3) is 0 Å². The van der Waals surface area contributed by atoms with Crippen LogP contribution in [0, 0.1) is 0 Å². The molecule has 1 atom stereocenters. The molecule has 0 spiro atoms. The van der Waals surface area contributed by atoms with Crippen LogP contribution < -0.4 is 10.2 Å². The highest BCUT2D eigenvalue weighted by atomic mass is 35.5. The molecule has 17 heavy (non-hydrogen) atoms. The third kappa shape index (κ3) is 2.26. The fourth-order valence-corrected chi connectivity index (χ4v) is 1.84. The number of halogens is 1. The second-order valence-corrected chi connectivity index (χ2v) is 4.73. The van der Waals surface area contributed by atoms with Crippen molar-refractivity contribution >= 4 is 34.8 Å². The molecule has 1 aliphatic heterocycles. The highest BCUT2D eigenvalue weighted by molar-refractivity contribution is 6.32. The Morgan fingerprint density at radius 3 is 2.88 bits per heavy atom. The molecule has 1 unspecified atom stereocenters. The standard InChI is InChI=1S/C12H13ClN2O2/c1-7(13)12(17)14-9-3-4-10-8(5-9)6-11(16)15(10)2/h3-5,7H,6H2,1-2H3,(H,14,17). The summed E-state index contributed by atoms with van der Waals surface area (Å²) in [6.45, 7) is 1.61. The summed E-state index contributed by atoms with van der Waals surface area (Å²) < 4.78 is 0. The molecule has 2 amide bonds. The van der Waals surface area contributed by atoms with Crippen LogP contribution in [0.4, 0.5) is 11.4 Å². The molecule has 1 aromatic rings. The lowest BCUT2D eigenvalue weighted by molar-refractivity contribution is -0.117. The number of carbonyl (C=O) groups excluding carboxylic acids is 2. The van der Waals surface area contributed by atoms with E-state index < -0.39 is 5.38 Å². The van der Waals surface area contributed by atoms with E-state index in [-0.39, 0.29) is 11.8 Å². The third-order valence-corrected chi connectivity index (χ3v) is 2.98. The van der Waals surface area contributed by atoms with E-state index in [2.05, 4.69) is 5.32 Å². The molecule has 4 nitrogen and oxygen atoms in total. The minimum atomic E-state index is -0.576. The lowest BCUT2D eigenvalue weighted by atomic mass is 10.1. The molecule has 0 aliphatic carbocycles. The number of rotatable bonds is 2. The van der Waals surface area contributed by atoms with Gasteiger partial charge >= 0.3 is 0 Å². The van der Waals surface area contributed by atoms with Crippen molar-refractivity contribution in [2.45, 2.75) is 18.7 Å². The molecule has 0 saturated carbocycles. The summed E-state index contributed by atoms with van der Waals surface area (Å²) in [6, 6.07) is 5.41. The number of nitrogens with zero attached hydrogens (tertiary/aromatic N) is 1. The van der Waals surface area contributed by atoms with E-state index in [1.165, 1.54) is 0 Å². The Balaban J connectivity index is 2.22. The van der Waals surface area contributed by atoms with E-state index in [0.29, 0.717) is 12.1 Å². The van der Waals surface area contributed by atoms with Gasteiger partial charge in [0.05, 0.1) is 6.42 Å². The first-order valence-electron chi connectivity index (χ1n) is 5.33. The molecule has 1 heterocycles. The zero-order valence-corrected chi connectivity index (χ0v) is 10.4. The number of anilines is 2. The van der Waals surface area contributed by atoms with E-state index in [1.807, 2.05) is 12.1 Å². The normalized spacial score (nSPS) is 15.7. The van der Waals surface area contributed by atoms with Gasteiger partial charge in [0.25, 0.3) is 0 Å². The quantitative estimate of drug-likeness (QED) is 0.816. The molecule has 1 aromatic carbocycles. The molecule has 5 heteroatoms. The summed E-state index contributed by atoms with van der Waals surface area (Å²) >= 11 is 5.67. The molecular formula is C12H13ClN2O2. The highest BCUT2D eigenvalue weighted by Crippen LogP contribution is 2.29. The van der Waals surface area contributed by atoms with Gasteiger partial charge in [-0.15, -0.1) is 11.6 Å². The topological polar surface area (TPSA) is 49.4 Å². The fraction of sp³-hybridized carbons (Fsp3) is 0.333. The van der Waals surface area contributed by atoms with E-state index in [4.69, 9.17) is 11.6 Å². The average Bonchev–Trinajstić information content (AvgIpc) is 2.54. The van der Waals surface area contributed by atoms with Crippen molar-refractivity contribution in [1.82, 2.24) is 0 Å². The Morgan fingerprint density at radius 2 is 2.24 bits per heavy atom. The lowest BCUT2D eigenvalue weighted by Gasteiger charge is -2.11. The summed E-state index contributed by atoms with van der Waals surface area (Å²) in [7, 11) is 1.74. The van der Waals surface area contributed by atoms with E-state index in [1.54, 1.807) is 24.9 Å². The Hall–Kier alpha value is -1.55. The lowest BCUT2D eigenvalue weighted by Crippen LogP contribution is -2.20. The van der Waals surface area contributed by atoms with Crippen LogP contribution in [0.1, 0.15) is 12.5 Å². The van der Waals surface area contributed by atoms with Crippen LogP contribution in [0.5, 0.6) is 0 Å². The molecular weight excluding hydrogens is 240 g/mol. The predicted molar refractivity (Wildman–Crippen MR) is 67.5 cm³/mol. The molecule has 0 saturated heterocycles. The summed E-state index contributed by atoms with van der Waals surface area (Å²) in [4.78, 5) is 24.5. The van der Waals surface area contributed by atoms with E-state index >= 15 is 0 Å². The maximum atomic E-state index is 11.5. The van der Waals surface area contributed by atoms with Gasteiger partial charge in [0.15, 0.2) is 0 Å². The smallest absolute Gasteiger partial charge is 0.242 e. The maximum Gasteiger partial charge on any atom is 0.242 e. The van der Waals surface area contributed by atoms with Crippen LogP contribution in [-0.4, -0.2) is 24.2 Å². The number of likely N-dealkylation sites (N-methyl/N-ethyl adjacent to an activating group) is 1. The van der Waals surface area contributed by atoms with Gasteiger partial charge in [0.1, 0.15) is 5.38 Å². The molecule has 0 aromatic heterocycles. The van der Waals surface area contributed by atoms with Gasteiger partial charge in [-0.2, -0.15) is 0 Å². The number of fused-ring (bicyclic) bond motifs is 1. The van der Waals surface area contributed by atoms with Gasteiger partial charge in [0, 0.05) is 18.4 Å². The summed E-state index contributed by atoms with van der Waals surface area (Å²) in [5, 5.41) is 2.12. The molecule has 1 N–H and O–H groups in total. The minimum Gasteiger partial charge on any atom is -0.325 e. The van der Waals surface area contributed by atoms with Crippen LogP contribution in [0.2, 0.25) is 0 Å². The summed E-state index contributed by atoms with van der Waals surface area (Å²) in [5.74, 6) is -0.182. The maximum absolute atomic E-state index is 11.5. The van der Waals surface area contributed by atoms with Gasteiger partial charge < -0.3 is 10.2 Å². The average molecular weight is 253 g/mol.